The predicted octanol–water partition coefficient (Wildman–Crippen LogP) is 15.5. The van der Waals surface area contributed by atoms with Crippen molar-refractivity contribution in [3.63, 3.8) is 0 Å². The maximum Gasteiger partial charge on any atom is 0.0465 e. The number of nitrogens with zero attached hydrogens (tertiary/aromatic N) is 1. The highest BCUT2D eigenvalue weighted by Crippen LogP contribution is 2.60. The molecule has 1 heteroatoms. The molecule has 0 saturated carbocycles. The maximum atomic E-state index is 2.62. The molecule has 0 saturated heterocycles. The number of fused-ring (bicyclic) bond motifs is 12. The van der Waals surface area contributed by atoms with Gasteiger partial charge < -0.3 is 4.90 Å². The Labute approximate surface area is 350 Å². The summed E-state index contributed by atoms with van der Waals surface area (Å²) in [5.41, 5.74) is 27.7. The number of hydrogen-bond donors (Lipinski definition) is 0. The van der Waals surface area contributed by atoms with Crippen molar-refractivity contribution < 1.29 is 0 Å². The van der Waals surface area contributed by atoms with Crippen molar-refractivity contribution in [2.45, 2.75) is 83.5 Å². The molecule has 0 aliphatic heterocycles. The second kappa shape index (κ2) is 12.1. The first-order chi connectivity index (χ1) is 28.5. The molecule has 0 fully saturated rings. The molecule has 0 amide bonds. The largest absolute Gasteiger partial charge is 0.310 e. The standard InChI is InChI=1S/C58H51N/c1-56(2)47-21-13-10-18-42(47)44-28-25-39(33-50(44)56)59(40-26-29-45-43-19-11-14-22-48(43)57(3,4)51(45)34-40)38-24-27-41-36(31-38)30-37-32-52-55(46-20-12-15-23-49(46)58(52,5)6)54(53(37)41)35-16-8-7-9-17-35/h7-11,13-14,16-22,24-29,31-34,49H,12,15,23,30H2,1-6H3. The molecule has 0 radical (unpaired) electrons. The van der Waals surface area contributed by atoms with Crippen LogP contribution in [0.25, 0.3) is 50.1 Å². The molecule has 7 aromatic carbocycles. The Morgan fingerprint density at radius 2 is 1.00 bits per heavy atom. The SMILES string of the molecule is CC1(C)c2ccccc2-c2ccc(N(c3ccc4c(c3)Cc3cc5c(c(-c6ccccc6)c3-4)C3=CCCCC3C5(C)C)c3ccc4c(c3)C(C)(C)c3ccccc3-4)cc21. The van der Waals surface area contributed by atoms with Gasteiger partial charge in [-0.15, -0.1) is 0 Å². The van der Waals surface area contributed by atoms with Gasteiger partial charge in [-0.25, -0.2) is 0 Å². The van der Waals surface area contributed by atoms with Crippen LogP contribution in [0.3, 0.4) is 0 Å². The van der Waals surface area contributed by atoms with E-state index in [0.717, 1.165) is 6.42 Å². The first kappa shape index (κ1) is 35.1. The molecule has 59 heavy (non-hydrogen) atoms. The van der Waals surface area contributed by atoms with Gasteiger partial charge in [0.05, 0.1) is 0 Å². The minimum absolute atomic E-state index is 0.0937. The summed E-state index contributed by atoms with van der Waals surface area (Å²) < 4.78 is 0. The molecule has 1 atom stereocenters. The Hall–Kier alpha value is -5.92. The van der Waals surface area contributed by atoms with Gasteiger partial charge in [0.25, 0.3) is 0 Å². The highest BCUT2D eigenvalue weighted by atomic mass is 15.1. The molecule has 1 nitrogen and oxygen atoms in total. The van der Waals surface area contributed by atoms with E-state index in [2.05, 4.69) is 192 Å². The van der Waals surface area contributed by atoms with Crippen LogP contribution in [0.4, 0.5) is 17.1 Å². The van der Waals surface area contributed by atoms with E-state index in [9.17, 15) is 0 Å². The average molecular weight is 762 g/mol. The van der Waals surface area contributed by atoms with Crippen molar-refractivity contribution in [2.24, 2.45) is 5.92 Å². The molecular weight excluding hydrogens is 711 g/mol. The summed E-state index contributed by atoms with van der Waals surface area (Å²) in [6.07, 6.45) is 7.28. The topological polar surface area (TPSA) is 3.24 Å². The van der Waals surface area contributed by atoms with Gasteiger partial charge in [0.1, 0.15) is 0 Å². The molecule has 288 valence electrons. The van der Waals surface area contributed by atoms with Crippen LogP contribution in [-0.4, -0.2) is 0 Å². The van der Waals surface area contributed by atoms with E-state index in [4.69, 9.17) is 0 Å². The molecule has 0 aromatic heterocycles. The molecule has 5 aliphatic rings. The third kappa shape index (κ3) is 4.74. The summed E-state index contributed by atoms with van der Waals surface area (Å²) in [4.78, 5) is 2.54. The van der Waals surface area contributed by atoms with Crippen LogP contribution >= 0.6 is 0 Å². The summed E-state index contributed by atoms with van der Waals surface area (Å²) in [6, 6.07) is 53.7. The van der Waals surface area contributed by atoms with Crippen molar-refractivity contribution in [1.29, 1.82) is 0 Å². The lowest BCUT2D eigenvalue weighted by Gasteiger charge is -2.30. The lowest BCUT2D eigenvalue weighted by Crippen LogP contribution is -2.24. The van der Waals surface area contributed by atoms with Gasteiger partial charge in [-0.2, -0.15) is 0 Å². The smallest absolute Gasteiger partial charge is 0.0465 e. The molecule has 5 aliphatic carbocycles. The molecular formula is C58H51N. The number of benzene rings is 7. The van der Waals surface area contributed by atoms with E-state index in [1.165, 1.54) is 120 Å². The van der Waals surface area contributed by atoms with Crippen molar-refractivity contribution >= 4 is 22.6 Å². The second-order valence-electron chi connectivity index (χ2n) is 19.6. The monoisotopic (exact) mass is 761 g/mol. The van der Waals surface area contributed by atoms with Crippen molar-refractivity contribution in [3.8, 4) is 44.5 Å². The normalized spacial score (nSPS) is 18.7. The Balaban J connectivity index is 1.05. The molecule has 12 rings (SSSR count). The van der Waals surface area contributed by atoms with Gasteiger partial charge in [-0.05, 0) is 168 Å². The lowest BCUT2D eigenvalue weighted by atomic mass is 9.73. The lowest BCUT2D eigenvalue weighted by molar-refractivity contribution is 0.376. The highest BCUT2D eigenvalue weighted by molar-refractivity contribution is 6.01. The van der Waals surface area contributed by atoms with E-state index in [1.807, 2.05) is 0 Å². The van der Waals surface area contributed by atoms with Crippen molar-refractivity contribution in [1.82, 2.24) is 0 Å². The quantitative estimate of drug-likeness (QED) is 0.173. The van der Waals surface area contributed by atoms with Gasteiger partial charge in [0.2, 0.25) is 0 Å². The number of hydrogen-bond acceptors (Lipinski definition) is 1. The Bertz CT molecular complexity index is 2860. The third-order valence-corrected chi connectivity index (χ3v) is 15.4. The molecule has 0 N–H and O–H groups in total. The summed E-state index contributed by atoms with van der Waals surface area (Å²) in [7, 11) is 0. The number of rotatable bonds is 4. The number of allylic oxidation sites excluding steroid dienone is 2. The van der Waals surface area contributed by atoms with Crippen LogP contribution in [0.2, 0.25) is 0 Å². The second-order valence-corrected chi connectivity index (χ2v) is 19.6. The van der Waals surface area contributed by atoms with Gasteiger partial charge in [0.15, 0.2) is 0 Å². The summed E-state index contributed by atoms with van der Waals surface area (Å²) in [6.45, 7) is 14.6. The summed E-state index contributed by atoms with van der Waals surface area (Å²) in [5, 5.41) is 0. The molecule has 0 spiro atoms. The van der Waals surface area contributed by atoms with Crippen molar-refractivity contribution in [3.05, 3.63) is 190 Å². The first-order valence-corrected chi connectivity index (χ1v) is 21.9. The average Bonchev–Trinajstić information content (AvgIpc) is 3.89. The minimum atomic E-state index is -0.0937. The molecule has 0 bridgehead atoms. The van der Waals surface area contributed by atoms with Crippen LogP contribution < -0.4 is 4.90 Å². The Kier molecular flexibility index (Phi) is 7.18. The molecule has 7 aromatic rings. The zero-order valence-corrected chi connectivity index (χ0v) is 35.2. The molecule has 1 unspecified atom stereocenters. The molecule has 0 heterocycles. The van der Waals surface area contributed by atoms with Crippen LogP contribution in [0.15, 0.2) is 146 Å². The first-order valence-electron chi connectivity index (χ1n) is 21.9. The van der Waals surface area contributed by atoms with Gasteiger partial charge in [0, 0.05) is 27.9 Å². The van der Waals surface area contributed by atoms with Crippen molar-refractivity contribution in [2.75, 3.05) is 4.90 Å². The van der Waals surface area contributed by atoms with E-state index in [-0.39, 0.29) is 16.2 Å². The maximum absolute atomic E-state index is 2.62. The zero-order valence-electron chi connectivity index (χ0n) is 35.2. The fourth-order valence-corrected chi connectivity index (χ4v) is 12.4. The van der Waals surface area contributed by atoms with Gasteiger partial charge in [-0.3, -0.25) is 0 Å². The minimum Gasteiger partial charge on any atom is -0.310 e. The van der Waals surface area contributed by atoms with Crippen LogP contribution in [-0.2, 0) is 22.7 Å². The third-order valence-electron chi connectivity index (χ3n) is 15.4. The summed E-state index contributed by atoms with van der Waals surface area (Å²) >= 11 is 0. The van der Waals surface area contributed by atoms with E-state index in [1.54, 1.807) is 11.1 Å². The van der Waals surface area contributed by atoms with Gasteiger partial charge >= 0.3 is 0 Å². The zero-order chi connectivity index (χ0) is 40.0. The van der Waals surface area contributed by atoms with E-state index >= 15 is 0 Å². The van der Waals surface area contributed by atoms with E-state index in [0.29, 0.717) is 5.92 Å². The fourth-order valence-electron chi connectivity index (χ4n) is 12.4. The predicted molar refractivity (Wildman–Crippen MR) is 248 cm³/mol. The van der Waals surface area contributed by atoms with Crippen LogP contribution in [0.5, 0.6) is 0 Å². The Morgan fingerprint density at radius 3 is 1.63 bits per heavy atom. The highest BCUT2D eigenvalue weighted by Gasteiger charge is 2.46. The van der Waals surface area contributed by atoms with Crippen LogP contribution in [0.1, 0.15) is 105 Å². The summed E-state index contributed by atoms with van der Waals surface area (Å²) in [5.74, 6) is 0.585. The number of anilines is 3. The van der Waals surface area contributed by atoms with E-state index < -0.39 is 0 Å². The van der Waals surface area contributed by atoms with Crippen LogP contribution in [0, 0.1) is 5.92 Å². The Morgan fingerprint density at radius 1 is 0.458 bits per heavy atom. The fraction of sp³-hybridized carbons (Fsp3) is 0.241. The van der Waals surface area contributed by atoms with Gasteiger partial charge in [-0.1, -0.05) is 151 Å².